The van der Waals surface area contributed by atoms with Gasteiger partial charge in [0.15, 0.2) is 17.3 Å². The number of carbonyl (C=O) groups excluding carboxylic acids is 4. The van der Waals surface area contributed by atoms with Crippen molar-refractivity contribution in [3.05, 3.63) is 89.0 Å². The van der Waals surface area contributed by atoms with Crippen molar-refractivity contribution < 1.29 is 19.2 Å². The Morgan fingerprint density at radius 2 is 1.56 bits per heavy atom. The normalized spacial score (nSPS) is 16.1. The Balaban J connectivity index is 1.13. The van der Waals surface area contributed by atoms with E-state index >= 15 is 0 Å². The number of unbranched alkanes of at least 4 members (excludes halogenated alkanes) is 1. The minimum absolute atomic E-state index is 0.0905. The number of rotatable bonds is 15. The molecule has 1 heterocycles. The van der Waals surface area contributed by atoms with Crippen LogP contribution in [0.2, 0.25) is 0 Å². The number of fused-ring (bicyclic) bond motifs is 1. The van der Waals surface area contributed by atoms with E-state index in [-0.39, 0.29) is 36.1 Å². The number of carbonyl (C=O) groups is 4. The van der Waals surface area contributed by atoms with Gasteiger partial charge in [-0.1, -0.05) is 68.1 Å². The second-order valence-corrected chi connectivity index (χ2v) is 11.6. The van der Waals surface area contributed by atoms with Crippen molar-refractivity contribution in [2.45, 2.75) is 70.6 Å². The highest BCUT2D eigenvalue weighted by atomic mass is 16.1. The van der Waals surface area contributed by atoms with Gasteiger partial charge in [0.05, 0.1) is 0 Å². The molecule has 1 unspecified atom stereocenters. The first-order valence-electron chi connectivity index (χ1n) is 15.1. The maximum absolute atomic E-state index is 13.2. The van der Waals surface area contributed by atoms with Crippen LogP contribution < -0.4 is 5.32 Å². The summed E-state index contributed by atoms with van der Waals surface area (Å²) in [6.07, 6.45) is 10.2. The summed E-state index contributed by atoms with van der Waals surface area (Å²) < 4.78 is 0. The molecule has 1 saturated carbocycles. The highest BCUT2D eigenvalue weighted by molar-refractivity contribution is 6.07. The first-order valence-corrected chi connectivity index (χ1v) is 15.1. The van der Waals surface area contributed by atoms with Crippen LogP contribution in [0.1, 0.15) is 101 Å². The first kappa shape index (κ1) is 28.7. The zero-order valence-electron chi connectivity index (χ0n) is 23.7. The summed E-state index contributed by atoms with van der Waals surface area (Å²) in [5, 5.41) is 3.36. The maximum Gasteiger partial charge on any atom is 0.169 e. The SMILES string of the molecule is O=CCCC(=O)c1ccc2c(c1)C(=O)C(CCCCc1cccc(-c3cccc(C(=O)CCCC4CC4)c3)c1)CN2. The molecule has 212 valence electrons. The molecular formula is C36H39NO4. The molecule has 41 heavy (non-hydrogen) atoms. The van der Waals surface area contributed by atoms with E-state index in [2.05, 4.69) is 35.6 Å². The number of hydrogen-bond donors (Lipinski definition) is 1. The zero-order valence-corrected chi connectivity index (χ0v) is 23.7. The molecule has 1 N–H and O–H groups in total. The van der Waals surface area contributed by atoms with Gasteiger partial charge < -0.3 is 10.1 Å². The molecule has 1 aliphatic heterocycles. The summed E-state index contributed by atoms with van der Waals surface area (Å²) in [7, 11) is 0. The van der Waals surface area contributed by atoms with Gasteiger partial charge in [0.2, 0.25) is 0 Å². The minimum atomic E-state index is -0.112. The van der Waals surface area contributed by atoms with E-state index < -0.39 is 0 Å². The number of Topliss-reactive ketones (excluding diaryl/α,β-unsaturated/α-hetero) is 3. The number of anilines is 1. The van der Waals surface area contributed by atoms with Gasteiger partial charge in [0, 0.05) is 54.1 Å². The van der Waals surface area contributed by atoms with Crippen molar-refractivity contribution in [3.8, 4) is 11.1 Å². The average molecular weight is 550 g/mol. The van der Waals surface area contributed by atoms with Crippen molar-refractivity contribution in [3.63, 3.8) is 0 Å². The average Bonchev–Trinajstić information content (AvgIpc) is 3.83. The molecule has 0 aromatic heterocycles. The van der Waals surface area contributed by atoms with Gasteiger partial charge in [0.1, 0.15) is 6.29 Å². The third-order valence-corrected chi connectivity index (χ3v) is 8.43. The summed E-state index contributed by atoms with van der Waals surface area (Å²) in [5.74, 6) is 0.962. The van der Waals surface area contributed by atoms with E-state index in [1.54, 1.807) is 18.2 Å². The lowest BCUT2D eigenvalue weighted by molar-refractivity contribution is -0.107. The molecular weight excluding hydrogens is 510 g/mol. The van der Waals surface area contributed by atoms with Crippen LogP contribution in [0, 0.1) is 11.8 Å². The monoisotopic (exact) mass is 549 g/mol. The molecule has 2 aliphatic rings. The van der Waals surface area contributed by atoms with E-state index in [0.717, 1.165) is 66.7 Å². The van der Waals surface area contributed by atoms with Crippen molar-refractivity contribution in [1.82, 2.24) is 0 Å². The Morgan fingerprint density at radius 1 is 0.805 bits per heavy atom. The lowest BCUT2D eigenvalue weighted by Gasteiger charge is -2.25. The third kappa shape index (κ3) is 7.66. The number of aryl methyl sites for hydroxylation is 1. The molecule has 1 atom stereocenters. The molecule has 3 aromatic carbocycles. The van der Waals surface area contributed by atoms with Gasteiger partial charge >= 0.3 is 0 Å². The highest BCUT2D eigenvalue weighted by Gasteiger charge is 2.27. The molecule has 0 bridgehead atoms. The fraction of sp³-hybridized carbons (Fsp3) is 0.389. The topological polar surface area (TPSA) is 80.3 Å². The number of hydrogen-bond acceptors (Lipinski definition) is 5. The van der Waals surface area contributed by atoms with Crippen molar-refractivity contribution >= 4 is 29.3 Å². The summed E-state index contributed by atoms with van der Waals surface area (Å²) in [6.45, 7) is 0.607. The van der Waals surface area contributed by atoms with Crippen molar-refractivity contribution in [2.75, 3.05) is 11.9 Å². The molecule has 0 spiro atoms. The number of ketones is 3. The highest BCUT2D eigenvalue weighted by Crippen LogP contribution is 2.34. The van der Waals surface area contributed by atoms with Crippen LogP contribution in [0.5, 0.6) is 0 Å². The fourth-order valence-electron chi connectivity index (χ4n) is 5.79. The Bertz CT molecular complexity index is 1420. The molecule has 0 radical (unpaired) electrons. The molecule has 0 saturated heterocycles. The Labute approximate surface area is 242 Å². The molecule has 5 nitrogen and oxygen atoms in total. The molecule has 1 aliphatic carbocycles. The summed E-state index contributed by atoms with van der Waals surface area (Å²) in [6, 6.07) is 21.7. The minimum Gasteiger partial charge on any atom is -0.384 e. The van der Waals surface area contributed by atoms with Crippen LogP contribution in [-0.4, -0.2) is 30.2 Å². The Morgan fingerprint density at radius 3 is 2.37 bits per heavy atom. The third-order valence-electron chi connectivity index (χ3n) is 8.43. The first-order chi connectivity index (χ1) is 20.0. The smallest absolute Gasteiger partial charge is 0.169 e. The second kappa shape index (κ2) is 13.7. The molecule has 5 heteroatoms. The quantitative estimate of drug-likeness (QED) is 0.118. The van der Waals surface area contributed by atoms with Gasteiger partial charge in [-0.25, -0.2) is 0 Å². The number of aldehydes is 1. The molecule has 5 rings (SSSR count). The summed E-state index contributed by atoms with van der Waals surface area (Å²) >= 11 is 0. The Kier molecular flexibility index (Phi) is 9.55. The van der Waals surface area contributed by atoms with Crippen LogP contribution in [-0.2, 0) is 11.2 Å². The second-order valence-electron chi connectivity index (χ2n) is 11.6. The van der Waals surface area contributed by atoms with Crippen LogP contribution >= 0.6 is 0 Å². The molecule has 3 aromatic rings. The lowest BCUT2D eigenvalue weighted by atomic mass is 9.87. The van der Waals surface area contributed by atoms with E-state index in [1.807, 2.05) is 18.2 Å². The molecule has 1 fully saturated rings. The largest absolute Gasteiger partial charge is 0.384 e. The number of benzene rings is 3. The van der Waals surface area contributed by atoms with Gasteiger partial charge in [-0.15, -0.1) is 0 Å². The van der Waals surface area contributed by atoms with Gasteiger partial charge in [-0.2, -0.15) is 0 Å². The predicted octanol–water partition coefficient (Wildman–Crippen LogP) is 7.92. The van der Waals surface area contributed by atoms with Crippen molar-refractivity contribution in [1.29, 1.82) is 0 Å². The summed E-state index contributed by atoms with van der Waals surface area (Å²) in [5.41, 5.74) is 6.09. The molecule has 0 amide bonds. The van der Waals surface area contributed by atoms with Gasteiger partial charge in [-0.3, -0.25) is 14.4 Å². The zero-order chi connectivity index (χ0) is 28.6. The standard InChI is InChI=1S/C36H39NO4/c38-20-6-15-35(40)30-18-19-33-32(23-30)36(41)31(24-37-33)10-2-1-7-26-9-3-11-27(21-26)28-12-5-13-29(22-28)34(39)14-4-8-25-16-17-25/h3,5,9,11-13,18-23,25,31,37H,1-2,4,6-8,10,14-17,24H2. The maximum atomic E-state index is 13.2. The van der Waals surface area contributed by atoms with E-state index in [0.29, 0.717) is 24.1 Å². The van der Waals surface area contributed by atoms with Crippen molar-refractivity contribution in [2.24, 2.45) is 11.8 Å². The fourth-order valence-corrected chi connectivity index (χ4v) is 5.79. The van der Waals surface area contributed by atoms with Crippen LogP contribution in [0.4, 0.5) is 5.69 Å². The van der Waals surface area contributed by atoms with Gasteiger partial charge in [0.25, 0.3) is 0 Å². The van der Waals surface area contributed by atoms with Crippen LogP contribution in [0.3, 0.4) is 0 Å². The van der Waals surface area contributed by atoms with Crippen LogP contribution in [0.25, 0.3) is 11.1 Å². The van der Waals surface area contributed by atoms with Gasteiger partial charge in [-0.05, 0) is 72.6 Å². The number of nitrogens with one attached hydrogen (secondary N) is 1. The van der Waals surface area contributed by atoms with Crippen LogP contribution in [0.15, 0.2) is 66.7 Å². The lowest BCUT2D eigenvalue weighted by Crippen LogP contribution is -2.29. The van der Waals surface area contributed by atoms with E-state index in [1.165, 1.54) is 24.8 Å². The Hall–Kier alpha value is -3.86. The van der Waals surface area contributed by atoms with E-state index in [4.69, 9.17) is 0 Å². The van der Waals surface area contributed by atoms with E-state index in [9.17, 15) is 19.2 Å². The predicted molar refractivity (Wildman–Crippen MR) is 163 cm³/mol. The summed E-state index contributed by atoms with van der Waals surface area (Å²) in [4.78, 5) is 48.9.